The molecular formula is C29H29FN10. The average Bonchev–Trinajstić information content (AvgIpc) is 3.56. The molecule has 0 saturated heterocycles. The third-order valence-electron chi connectivity index (χ3n) is 6.70. The molecule has 0 aliphatic rings. The molecule has 0 atom stereocenters. The summed E-state index contributed by atoms with van der Waals surface area (Å²) < 4.78 is 14.6. The molecule has 6 aromatic rings. The van der Waals surface area contributed by atoms with Crippen LogP contribution in [0.25, 0.3) is 55.8 Å². The Morgan fingerprint density at radius 1 is 0.875 bits per heavy atom. The number of fused-ring (bicyclic) bond motifs is 2. The first-order chi connectivity index (χ1) is 19.4. The summed E-state index contributed by atoms with van der Waals surface area (Å²) in [6.45, 7) is 1.53. The Kier molecular flexibility index (Phi) is 6.56. The van der Waals surface area contributed by atoms with Crippen LogP contribution < -0.4 is 10.2 Å². The van der Waals surface area contributed by atoms with Gasteiger partial charge in [0.05, 0.1) is 46.5 Å². The predicted octanol–water partition coefficient (Wildman–Crippen LogP) is 4.80. The summed E-state index contributed by atoms with van der Waals surface area (Å²) in [6.07, 6.45) is 8.79. The highest BCUT2D eigenvalue weighted by atomic mass is 19.1. The van der Waals surface area contributed by atoms with Gasteiger partial charge in [0.15, 0.2) is 5.82 Å². The summed E-state index contributed by atoms with van der Waals surface area (Å²) in [5, 5.41) is 11.8. The van der Waals surface area contributed by atoms with Crippen LogP contribution in [0.2, 0.25) is 0 Å². The minimum Gasteiger partial charge on any atom is -0.384 e. The van der Waals surface area contributed by atoms with Crippen LogP contribution in [0.1, 0.15) is 0 Å². The van der Waals surface area contributed by atoms with E-state index in [1.54, 1.807) is 24.8 Å². The Hall–Kier alpha value is -4.90. The average molecular weight is 537 g/mol. The van der Waals surface area contributed by atoms with E-state index in [2.05, 4.69) is 40.3 Å². The second-order valence-electron chi connectivity index (χ2n) is 10.1. The molecule has 3 N–H and O–H groups in total. The molecule has 6 rings (SSSR count). The topological polar surface area (TPSA) is 115 Å². The maximum absolute atomic E-state index is 14.6. The van der Waals surface area contributed by atoms with E-state index in [0.29, 0.717) is 34.8 Å². The number of rotatable bonds is 8. The molecule has 0 fully saturated rings. The first kappa shape index (κ1) is 25.4. The van der Waals surface area contributed by atoms with Gasteiger partial charge in [-0.2, -0.15) is 5.10 Å². The minimum absolute atomic E-state index is 0.330. The predicted molar refractivity (Wildman–Crippen MR) is 157 cm³/mol. The van der Waals surface area contributed by atoms with E-state index >= 15 is 0 Å². The minimum atomic E-state index is -0.330. The molecule has 0 unspecified atom stereocenters. The smallest absolute Gasteiger partial charge is 0.159 e. The third kappa shape index (κ3) is 4.94. The van der Waals surface area contributed by atoms with E-state index in [1.165, 1.54) is 12.1 Å². The summed E-state index contributed by atoms with van der Waals surface area (Å²) in [4.78, 5) is 25.7. The van der Waals surface area contributed by atoms with Gasteiger partial charge in [0.25, 0.3) is 0 Å². The Morgan fingerprint density at radius 2 is 1.73 bits per heavy atom. The molecule has 0 spiro atoms. The summed E-state index contributed by atoms with van der Waals surface area (Å²) in [6, 6.07) is 8.94. The SMILES string of the molecule is CN(C)CCNc1cc(F)cc(-c2cncc3[nH]c(-c4n[nH]c5cnc(-c6cncc(N(C)C)c6)cc45)nc23)c1. The lowest BCUT2D eigenvalue weighted by Crippen LogP contribution is -2.20. The first-order valence-corrected chi connectivity index (χ1v) is 12.9. The zero-order valence-electron chi connectivity index (χ0n) is 22.7. The maximum Gasteiger partial charge on any atom is 0.159 e. The van der Waals surface area contributed by atoms with Crippen molar-refractivity contribution in [1.82, 2.24) is 40.0 Å². The van der Waals surface area contributed by atoms with Crippen LogP contribution in [0.3, 0.4) is 0 Å². The van der Waals surface area contributed by atoms with Crippen LogP contribution in [0.15, 0.2) is 61.3 Å². The van der Waals surface area contributed by atoms with Crippen molar-refractivity contribution in [2.75, 3.05) is 51.5 Å². The fraction of sp³-hybridized carbons (Fsp3) is 0.207. The van der Waals surface area contributed by atoms with Crippen LogP contribution in [0, 0.1) is 5.82 Å². The molecule has 202 valence electrons. The van der Waals surface area contributed by atoms with Gasteiger partial charge in [-0.1, -0.05) is 0 Å². The van der Waals surface area contributed by atoms with Crippen molar-refractivity contribution < 1.29 is 4.39 Å². The van der Waals surface area contributed by atoms with Crippen molar-refractivity contribution in [2.45, 2.75) is 0 Å². The normalized spacial score (nSPS) is 11.6. The fourth-order valence-corrected chi connectivity index (χ4v) is 4.59. The number of hydrogen-bond acceptors (Lipinski definition) is 8. The van der Waals surface area contributed by atoms with Crippen molar-refractivity contribution >= 4 is 33.3 Å². The monoisotopic (exact) mass is 536 g/mol. The van der Waals surface area contributed by atoms with E-state index in [9.17, 15) is 4.39 Å². The maximum atomic E-state index is 14.6. The van der Waals surface area contributed by atoms with Gasteiger partial charge in [0.1, 0.15) is 11.5 Å². The van der Waals surface area contributed by atoms with Crippen LogP contribution in [-0.4, -0.2) is 81.3 Å². The number of benzene rings is 1. The Balaban J connectivity index is 1.39. The largest absolute Gasteiger partial charge is 0.384 e. The molecule has 0 amide bonds. The molecule has 0 aliphatic carbocycles. The molecule has 10 nitrogen and oxygen atoms in total. The summed E-state index contributed by atoms with van der Waals surface area (Å²) in [7, 11) is 7.95. The van der Waals surface area contributed by atoms with Gasteiger partial charge in [0, 0.05) is 61.8 Å². The number of nitrogens with zero attached hydrogens (tertiary/aromatic N) is 7. The number of aromatic amines is 2. The van der Waals surface area contributed by atoms with Crippen molar-refractivity contribution in [3.63, 3.8) is 0 Å². The van der Waals surface area contributed by atoms with E-state index < -0.39 is 0 Å². The second-order valence-corrected chi connectivity index (χ2v) is 10.1. The molecule has 0 radical (unpaired) electrons. The zero-order chi connectivity index (χ0) is 27.8. The van der Waals surface area contributed by atoms with E-state index in [1.807, 2.05) is 57.5 Å². The van der Waals surface area contributed by atoms with E-state index in [0.717, 1.165) is 45.5 Å². The number of hydrogen-bond donors (Lipinski definition) is 3. The highest BCUT2D eigenvalue weighted by Gasteiger charge is 2.17. The molecule has 0 bridgehead atoms. The number of anilines is 2. The number of halogens is 1. The van der Waals surface area contributed by atoms with Gasteiger partial charge in [-0.25, -0.2) is 9.37 Å². The van der Waals surface area contributed by atoms with Crippen molar-refractivity contribution in [3.8, 4) is 33.9 Å². The van der Waals surface area contributed by atoms with Gasteiger partial charge in [-0.15, -0.1) is 0 Å². The van der Waals surface area contributed by atoms with Crippen LogP contribution >= 0.6 is 0 Å². The van der Waals surface area contributed by atoms with Crippen LogP contribution in [0.4, 0.5) is 15.8 Å². The Labute approximate surface area is 230 Å². The molecule has 0 aliphatic heterocycles. The number of nitrogens with one attached hydrogen (secondary N) is 3. The third-order valence-corrected chi connectivity index (χ3v) is 6.70. The number of H-pyrrole nitrogens is 2. The molecule has 5 heterocycles. The van der Waals surface area contributed by atoms with Crippen molar-refractivity contribution in [3.05, 3.63) is 67.1 Å². The first-order valence-electron chi connectivity index (χ1n) is 12.9. The fourth-order valence-electron chi connectivity index (χ4n) is 4.59. The number of aromatic nitrogens is 7. The molecule has 5 aromatic heterocycles. The molecular weight excluding hydrogens is 507 g/mol. The number of pyridine rings is 3. The molecule has 11 heteroatoms. The van der Waals surface area contributed by atoms with Gasteiger partial charge < -0.3 is 20.1 Å². The molecule has 1 aromatic carbocycles. The van der Waals surface area contributed by atoms with Crippen LogP contribution in [-0.2, 0) is 0 Å². The lowest BCUT2D eigenvalue weighted by atomic mass is 10.1. The lowest BCUT2D eigenvalue weighted by Gasteiger charge is -2.12. The summed E-state index contributed by atoms with van der Waals surface area (Å²) in [5.41, 5.74) is 7.63. The van der Waals surface area contributed by atoms with Gasteiger partial charge >= 0.3 is 0 Å². The van der Waals surface area contributed by atoms with Crippen molar-refractivity contribution in [2.24, 2.45) is 0 Å². The van der Waals surface area contributed by atoms with E-state index in [-0.39, 0.29) is 5.82 Å². The lowest BCUT2D eigenvalue weighted by molar-refractivity contribution is 0.425. The zero-order valence-corrected chi connectivity index (χ0v) is 22.7. The second kappa shape index (κ2) is 10.3. The van der Waals surface area contributed by atoms with Crippen molar-refractivity contribution in [1.29, 1.82) is 0 Å². The highest BCUT2D eigenvalue weighted by molar-refractivity contribution is 5.97. The van der Waals surface area contributed by atoms with Gasteiger partial charge in [-0.05, 0) is 50.0 Å². The summed E-state index contributed by atoms with van der Waals surface area (Å²) >= 11 is 0. The standard InChI is InChI=1S/C29H29FN10/c1-39(2)6-5-33-20-8-17(7-19(30)10-20)23-14-32-15-26-27(23)36-29(35-26)28-22-11-24(34-16-25(22)37-38-28)18-9-21(40(3)4)13-31-12-18/h7-16,33H,5-6H2,1-4H3,(H,35,36)(H,37,38). The number of likely N-dealkylation sites (N-methyl/N-ethyl adjacent to an activating group) is 1. The Bertz CT molecular complexity index is 1820. The number of imidazole rings is 1. The molecule has 0 saturated carbocycles. The van der Waals surface area contributed by atoms with E-state index in [4.69, 9.17) is 4.98 Å². The Morgan fingerprint density at radius 3 is 2.55 bits per heavy atom. The molecule has 40 heavy (non-hydrogen) atoms. The van der Waals surface area contributed by atoms with Gasteiger partial charge in [-0.3, -0.25) is 20.1 Å². The van der Waals surface area contributed by atoms with Crippen LogP contribution in [0.5, 0.6) is 0 Å². The highest BCUT2D eigenvalue weighted by Crippen LogP contribution is 2.33. The summed E-state index contributed by atoms with van der Waals surface area (Å²) in [5.74, 6) is 0.248. The quantitative estimate of drug-likeness (QED) is 0.254. The van der Waals surface area contributed by atoms with Gasteiger partial charge in [0.2, 0.25) is 0 Å².